The van der Waals surface area contributed by atoms with Gasteiger partial charge in [-0.1, -0.05) is 12.1 Å². The summed E-state index contributed by atoms with van der Waals surface area (Å²) in [6.07, 6.45) is 0.547. The summed E-state index contributed by atoms with van der Waals surface area (Å²) in [5, 5.41) is 5.13. The number of aldehydes is 1. The van der Waals surface area contributed by atoms with E-state index in [1.165, 1.54) is 18.2 Å². The van der Waals surface area contributed by atoms with E-state index in [-0.39, 0.29) is 40.0 Å². The molecule has 0 unspecified atom stereocenters. The molecule has 0 radical (unpaired) electrons. The number of benzene rings is 1. The van der Waals surface area contributed by atoms with Crippen molar-refractivity contribution in [1.29, 1.82) is 0 Å². The molecule has 9 heteroatoms. The molecule has 0 aliphatic heterocycles. The molecule has 140 valence electrons. The minimum atomic E-state index is -0.544. The van der Waals surface area contributed by atoms with Crippen molar-refractivity contribution in [2.75, 3.05) is 22.1 Å². The Morgan fingerprint density at radius 1 is 0.786 bits per heavy atom. The van der Waals surface area contributed by atoms with Gasteiger partial charge in [0.05, 0.1) is 0 Å². The summed E-state index contributed by atoms with van der Waals surface area (Å²) < 4.78 is 0. The molecule has 0 spiro atoms. The van der Waals surface area contributed by atoms with Crippen LogP contribution < -0.4 is 22.1 Å². The average molecular weight is 376 g/mol. The van der Waals surface area contributed by atoms with Crippen molar-refractivity contribution in [3.05, 3.63) is 71.3 Å². The van der Waals surface area contributed by atoms with Crippen LogP contribution in [-0.2, 0) is 0 Å². The van der Waals surface area contributed by atoms with Gasteiger partial charge in [0.1, 0.15) is 29.6 Å². The quantitative estimate of drug-likeness (QED) is 0.496. The van der Waals surface area contributed by atoms with Crippen molar-refractivity contribution < 1.29 is 14.4 Å². The number of nitrogens with zero attached hydrogens (tertiary/aromatic N) is 2. The first-order valence-corrected chi connectivity index (χ1v) is 8.12. The van der Waals surface area contributed by atoms with Crippen molar-refractivity contribution in [2.24, 2.45) is 0 Å². The first-order chi connectivity index (χ1) is 13.4. The highest BCUT2D eigenvalue weighted by molar-refractivity contribution is 6.09. The number of nitrogen functional groups attached to an aromatic ring is 2. The third kappa shape index (κ3) is 4.47. The predicted octanol–water partition coefficient (Wildman–Crippen LogP) is 1.96. The van der Waals surface area contributed by atoms with Crippen molar-refractivity contribution in [2.45, 2.75) is 0 Å². The van der Waals surface area contributed by atoms with Crippen LogP contribution in [0.5, 0.6) is 0 Å². The lowest BCUT2D eigenvalue weighted by atomic mass is 10.0. The second-order valence-electron chi connectivity index (χ2n) is 5.77. The van der Waals surface area contributed by atoms with E-state index in [1.807, 2.05) is 0 Å². The average Bonchev–Trinajstić information content (AvgIpc) is 2.67. The van der Waals surface area contributed by atoms with Crippen LogP contribution in [0.4, 0.5) is 23.3 Å². The number of rotatable bonds is 5. The molecule has 1 aromatic carbocycles. The zero-order chi connectivity index (χ0) is 20.1. The largest absolute Gasteiger partial charge is 0.384 e. The summed E-state index contributed by atoms with van der Waals surface area (Å²) in [4.78, 5) is 44.2. The van der Waals surface area contributed by atoms with E-state index in [2.05, 4.69) is 20.6 Å². The summed E-state index contributed by atoms with van der Waals surface area (Å²) in [5.41, 5.74) is 11.6. The fraction of sp³-hybridized carbons (Fsp3) is 0. The Hall–Kier alpha value is -4.27. The van der Waals surface area contributed by atoms with E-state index in [9.17, 15) is 14.4 Å². The van der Waals surface area contributed by atoms with Gasteiger partial charge >= 0.3 is 0 Å². The van der Waals surface area contributed by atoms with Crippen LogP contribution in [0.15, 0.2) is 54.6 Å². The highest BCUT2D eigenvalue weighted by Crippen LogP contribution is 2.15. The second kappa shape index (κ2) is 7.96. The molecule has 0 aliphatic rings. The standard InChI is InChI=1S/C19H16N6O3/c20-14-3-1-5-16(22-14)24-18(27)12-7-11(10-26)8-13(9-12)19(28)25-17-6-2-4-15(21)23-17/h1-10H,(H3,20,22,24,27)(H3,21,23,25,28). The number of carbonyl (C=O) groups excluding carboxylic acids is 3. The molecular formula is C19H16N6O3. The number of amides is 2. The van der Waals surface area contributed by atoms with Gasteiger partial charge in [0, 0.05) is 16.7 Å². The Balaban J connectivity index is 1.85. The van der Waals surface area contributed by atoms with Crippen molar-refractivity contribution in [1.82, 2.24) is 9.97 Å². The zero-order valence-electron chi connectivity index (χ0n) is 14.5. The van der Waals surface area contributed by atoms with Gasteiger partial charge < -0.3 is 22.1 Å². The van der Waals surface area contributed by atoms with Gasteiger partial charge in [0.2, 0.25) is 0 Å². The van der Waals surface area contributed by atoms with Crippen LogP contribution in [-0.4, -0.2) is 28.1 Å². The molecule has 2 amide bonds. The molecular weight excluding hydrogens is 360 g/mol. The summed E-state index contributed by atoms with van der Waals surface area (Å²) in [5.74, 6) is -0.105. The lowest BCUT2D eigenvalue weighted by Crippen LogP contribution is -2.17. The number of aromatic nitrogens is 2. The van der Waals surface area contributed by atoms with Crippen LogP contribution >= 0.6 is 0 Å². The maximum atomic E-state index is 12.5. The summed E-state index contributed by atoms with van der Waals surface area (Å²) in [6, 6.07) is 13.7. The van der Waals surface area contributed by atoms with Gasteiger partial charge in [-0.25, -0.2) is 9.97 Å². The van der Waals surface area contributed by atoms with Gasteiger partial charge in [-0.05, 0) is 42.5 Å². The van der Waals surface area contributed by atoms with Crippen molar-refractivity contribution in [3.63, 3.8) is 0 Å². The van der Waals surface area contributed by atoms with Gasteiger partial charge in [-0.15, -0.1) is 0 Å². The van der Waals surface area contributed by atoms with Gasteiger partial charge in [-0.3, -0.25) is 14.4 Å². The number of carbonyl (C=O) groups is 3. The van der Waals surface area contributed by atoms with E-state index >= 15 is 0 Å². The van der Waals surface area contributed by atoms with Gasteiger partial charge in [-0.2, -0.15) is 0 Å². The Kier molecular flexibility index (Phi) is 5.26. The smallest absolute Gasteiger partial charge is 0.256 e. The molecule has 3 aromatic rings. The number of nitrogens with one attached hydrogen (secondary N) is 2. The molecule has 2 aromatic heterocycles. The van der Waals surface area contributed by atoms with Crippen molar-refractivity contribution >= 4 is 41.4 Å². The number of nitrogens with two attached hydrogens (primary N) is 2. The Morgan fingerprint density at radius 2 is 1.25 bits per heavy atom. The van der Waals surface area contributed by atoms with E-state index in [4.69, 9.17) is 11.5 Å². The molecule has 0 bridgehead atoms. The topological polar surface area (TPSA) is 153 Å². The minimum Gasteiger partial charge on any atom is -0.384 e. The monoisotopic (exact) mass is 376 g/mol. The number of hydrogen-bond acceptors (Lipinski definition) is 7. The highest BCUT2D eigenvalue weighted by atomic mass is 16.2. The predicted molar refractivity (Wildman–Crippen MR) is 105 cm³/mol. The van der Waals surface area contributed by atoms with E-state index in [1.54, 1.807) is 36.4 Å². The van der Waals surface area contributed by atoms with Crippen LogP contribution in [0, 0.1) is 0 Å². The molecule has 3 rings (SSSR count). The molecule has 0 saturated heterocycles. The highest BCUT2D eigenvalue weighted by Gasteiger charge is 2.14. The molecule has 2 heterocycles. The maximum Gasteiger partial charge on any atom is 0.256 e. The number of anilines is 4. The van der Waals surface area contributed by atoms with Crippen LogP contribution in [0.2, 0.25) is 0 Å². The molecule has 6 N–H and O–H groups in total. The summed E-state index contributed by atoms with van der Waals surface area (Å²) in [7, 11) is 0. The Morgan fingerprint density at radius 3 is 1.64 bits per heavy atom. The Bertz CT molecular complexity index is 989. The second-order valence-corrected chi connectivity index (χ2v) is 5.77. The molecule has 0 aliphatic carbocycles. The van der Waals surface area contributed by atoms with Crippen molar-refractivity contribution in [3.8, 4) is 0 Å². The van der Waals surface area contributed by atoms with Gasteiger partial charge in [0.15, 0.2) is 0 Å². The molecule has 0 atom stereocenters. The third-order valence-corrected chi connectivity index (χ3v) is 3.64. The first-order valence-electron chi connectivity index (χ1n) is 8.12. The zero-order valence-corrected chi connectivity index (χ0v) is 14.5. The summed E-state index contributed by atoms with van der Waals surface area (Å²) in [6.45, 7) is 0. The first kappa shape index (κ1) is 18.5. The maximum absolute atomic E-state index is 12.5. The van der Waals surface area contributed by atoms with Crippen LogP contribution in [0.3, 0.4) is 0 Å². The fourth-order valence-electron chi connectivity index (χ4n) is 2.40. The van der Waals surface area contributed by atoms with Gasteiger partial charge in [0.25, 0.3) is 11.8 Å². The normalized spacial score (nSPS) is 10.1. The molecule has 0 fully saturated rings. The molecule has 28 heavy (non-hydrogen) atoms. The third-order valence-electron chi connectivity index (χ3n) is 3.64. The number of hydrogen-bond donors (Lipinski definition) is 4. The number of pyridine rings is 2. The molecule has 9 nitrogen and oxygen atoms in total. The van der Waals surface area contributed by atoms with E-state index < -0.39 is 11.8 Å². The Labute approximate surface area is 159 Å². The minimum absolute atomic E-state index is 0.111. The summed E-state index contributed by atoms with van der Waals surface area (Å²) >= 11 is 0. The van der Waals surface area contributed by atoms with E-state index in [0.29, 0.717) is 6.29 Å². The fourth-order valence-corrected chi connectivity index (χ4v) is 2.40. The SMILES string of the molecule is Nc1cccc(NC(=O)c2cc(C=O)cc(C(=O)Nc3cccc(N)n3)c2)n1. The van der Waals surface area contributed by atoms with E-state index in [0.717, 1.165) is 0 Å². The molecule has 0 saturated carbocycles. The van der Waals surface area contributed by atoms with Crippen LogP contribution in [0.1, 0.15) is 31.1 Å². The van der Waals surface area contributed by atoms with Crippen LogP contribution in [0.25, 0.3) is 0 Å². The lowest BCUT2D eigenvalue weighted by molar-refractivity contribution is 0.102. The lowest BCUT2D eigenvalue weighted by Gasteiger charge is -2.09.